The van der Waals surface area contributed by atoms with Crippen molar-refractivity contribution in [2.45, 2.75) is 63.7 Å². The first-order valence-corrected chi connectivity index (χ1v) is 17.8. The molecule has 5 aromatic rings. The number of aryl methyl sites for hydroxylation is 1. The monoisotopic (exact) mass is 628 g/mol. The highest BCUT2D eigenvalue weighted by atomic mass is 32.1. The number of benzene rings is 2. The predicted octanol–water partition coefficient (Wildman–Crippen LogP) is 9.42. The molecule has 0 spiro atoms. The van der Waals surface area contributed by atoms with Gasteiger partial charge in [0.05, 0.1) is 13.7 Å². The van der Waals surface area contributed by atoms with Crippen molar-refractivity contribution in [3.63, 3.8) is 0 Å². The molecule has 1 aliphatic rings. The quantitative estimate of drug-likeness (QED) is 0.120. The maximum absolute atomic E-state index is 6.01. The van der Waals surface area contributed by atoms with E-state index in [1.54, 1.807) is 7.11 Å². The van der Waals surface area contributed by atoms with Gasteiger partial charge in [-0.25, -0.2) is 0 Å². The van der Waals surface area contributed by atoms with Crippen molar-refractivity contribution in [3.8, 4) is 31.7 Å². The van der Waals surface area contributed by atoms with Crippen LogP contribution in [0, 0.1) is 0 Å². The molecular weight excluding hydrogens is 589 g/mol. The van der Waals surface area contributed by atoms with E-state index in [0.29, 0.717) is 18.7 Å². The Hall–Kier alpha value is -2.94. The molecule has 0 unspecified atom stereocenters. The zero-order chi connectivity index (χ0) is 29.3. The molecule has 6 rings (SSSR count). The lowest BCUT2D eigenvalue weighted by molar-refractivity contribution is 0.282. The summed E-state index contributed by atoms with van der Waals surface area (Å²) in [4.78, 5) is 6.85. The third kappa shape index (κ3) is 8.37. The summed E-state index contributed by atoms with van der Waals surface area (Å²) in [7, 11) is 1.70. The standard InChI is InChI=1S/C36H40N2O2S3/c1-39-28-14-10-26(11-15-28)6-4-22-40-29-16-12-27(13-17-29)34-20-18-30(42-34)24-37-32-7-2-3-8-33(32)38-25-31-19-21-36(43-31)35-9-5-23-41-35/h5,9-21,23,32-33,37-38H,2-4,6-8,22,24-25H2,1H3/t32-,33-/m1/s1. The lowest BCUT2D eigenvalue weighted by Gasteiger charge is -2.33. The highest BCUT2D eigenvalue weighted by molar-refractivity contribution is 7.21. The van der Waals surface area contributed by atoms with Crippen LogP contribution in [0.4, 0.5) is 0 Å². The summed E-state index contributed by atoms with van der Waals surface area (Å²) in [5, 5.41) is 9.94. The summed E-state index contributed by atoms with van der Waals surface area (Å²) < 4.78 is 11.3. The number of thiophene rings is 3. The smallest absolute Gasteiger partial charge is 0.119 e. The average molecular weight is 629 g/mol. The van der Waals surface area contributed by atoms with Gasteiger partial charge in [-0.15, -0.1) is 34.0 Å². The Bertz CT molecular complexity index is 1520. The van der Waals surface area contributed by atoms with Crippen molar-refractivity contribution < 1.29 is 9.47 Å². The molecule has 2 aromatic carbocycles. The molecule has 224 valence electrons. The van der Waals surface area contributed by atoms with E-state index in [2.05, 4.69) is 88.8 Å². The van der Waals surface area contributed by atoms with Crippen LogP contribution in [-0.2, 0) is 19.5 Å². The Balaban J connectivity index is 0.948. The fourth-order valence-corrected chi connectivity index (χ4v) is 8.47. The second-order valence-corrected chi connectivity index (χ2v) is 14.4. The number of hydrogen-bond acceptors (Lipinski definition) is 7. The fraction of sp³-hybridized carbons (Fsp3) is 0.333. The third-order valence-electron chi connectivity index (χ3n) is 8.11. The molecule has 0 aliphatic heterocycles. The average Bonchev–Trinajstić information content (AvgIpc) is 3.85. The molecule has 1 fully saturated rings. The molecular formula is C36H40N2O2S3. The summed E-state index contributed by atoms with van der Waals surface area (Å²) in [6.45, 7) is 2.58. The van der Waals surface area contributed by atoms with E-state index >= 15 is 0 Å². The lowest BCUT2D eigenvalue weighted by Crippen LogP contribution is -2.49. The number of nitrogens with one attached hydrogen (secondary N) is 2. The maximum Gasteiger partial charge on any atom is 0.119 e. The van der Waals surface area contributed by atoms with Crippen LogP contribution in [0.1, 0.15) is 47.4 Å². The van der Waals surface area contributed by atoms with Crippen LogP contribution >= 0.6 is 34.0 Å². The SMILES string of the molecule is COc1ccc(CCCOc2ccc(-c3ccc(CN[C@@H]4CCCC[C@H]4NCc4ccc(-c5cccs5)s4)s3)cc2)cc1. The minimum atomic E-state index is 0.511. The topological polar surface area (TPSA) is 42.5 Å². The van der Waals surface area contributed by atoms with Gasteiger partial charge in [0.15, 0.2) is 0 Å². The molecule has 0 saturated heterocycles. The molecule has 0 amide bonds. The maximum atomic E-state index is 6.01. The summed E-state index contributed by atoms with van der Waals surface area (Å²) >= 11 is 5.62. The van der Waals surface area contributed by atoms with E-state index in [1.807, 2.05) is 46.1 Å². The summed E-state index contributed by atoms with van der Waals surface area (Å²) in [5.74, 6) is 1.83. The van der Waals surface area contributed by atoms with E-state index in [1.165, 1.54) is 61.2 Å². The second kappa shape index (κ2) is 15.2. The molecule has 1 aliphatic carbocycles. The van der Waals surface area contributed by atoms with E-state index in [9.17, 15) is 0 Å². The Morgan fingerprint density at radius 2 is 1.35 bits per heavy atom. The molecule has 3 heterocycles. The number of rotatable bonds is 14. The Morgan fingerprint density at radius 1 is 0.698 bits per heavy atom. The van der Waals surface area contributed by atoms with Crippen LogP contribution in [0.2, 0.25) is 0 Å². The molecule has 0 bridgehead atoms. The van der Waals surface area contributed by atoms with E-state index in [0.717, 1.165) is 37.4 Å². The molecule has 3 aromatic heterocycles. The highest BCUT2D eigenvalue weighted by Crippen LogP contribution is 2.32. The molecule has 7 heteroatoms. The van der Waals surface area contributed by atoms with Crippen molar-refractivity contribution in [2.24, 2.45) is 0 Å². The molecule has 2 atom stereocenters. The first kappa shape index (κ1) is 30.1. The van der Waals surface area contributed by atoms with Gasteiger partial charge in [-0.05, 0) is 109 Å². The Kier molecular flexibility index (Phi) is 10.6. The predicted molar refractivity (Wildman–Crippen MR) is 184 cm³/mol. The number of hydrogen-bond donors (Lipinski definition) is 2. The zero-order valence-corrected chi connectivity index (χ0v) is 27.2. The largest absolute Gasteiger partial charge is 0.497 e. The highest BCUT2D eigenvalue weighted by Gasteiger charge is 2.24. The minimum Gasteiger partial charge on any atom is -0.497 e. The van der Waals surface area contributed by atoms with Gasteiger partial charge < -0.3 is 20.1 Å². The first-order chi connectivity index (χ1) is 21.2. The van der Waals surface area contributed by atoms with Crippen LogP contribution in [-0.4, -0.2) is 25.8 Å². The second-order valence-electron chi connectivity index (χ2n) is 11.1. The van der Waals surface area contributed by atoms with Crippen molar-refractivity contribution in [3.05, 3.63) is 106 Å². The lowest BCUT2D eigenvalue weighted by atomic mass is 9.90. The van der Waals surface area contributed by atoms with Gasteiger partial charge in [-0.3, -0.25) is 0 Å². The Morgan fingerprint density at radius 3 is 2.00 bits per heavy atom. The molecule has 43 heavy (non-hydrogen) atoms. The Labute approximate surface area is 267 Å². The van der Waals surface area contributed by atoms with Crippen LogP contribution in [0.25, 0.3) is 20.2 Å². The minimum absolute atomic E-state index is 0.511. The summed E-state index contributed by atoms with van der Waals surface area (Å²) in [6, 6.07) is 31.3. The van der Waals surface area contributed by atoms with E-state index in [-0.39, 0.29) is 0 Å². The van der Waals surface area contributed by atoms with Gasteiger partial charge in [0, 0.05) is 49.6 Å². The number of methoxy groups -OCH3 is 1. The van der Waals surface area contributed by atoms with Crippen molar-refractivity contribution >= 4 is 34.0 Å². The summed E-state index contributed by atoms with van der Waals surface area (Å²) in [5.41, 5.74) is 2.55. The fourth-order valence-electron chi connectivity index (χ4n) is 5.71. The zero-order valence-electron chi connectivity index (χ0n) is 24.7. The van der Waals surface area contributed by atoms with Gasteiger partial charge in [-0.1, -0.05) is 31.0 Å². The van der Waals surface area contributed by atoms with Gasteiger partial charge >= 0.3 is 0 Å². The van der Waals surface area contributed by atoms with E-state index in [4.69, 9.17) is 9.47 Å². The van der Waals surface area contributed by atoms with Crippen LogP contribution in [0.15, 0.2) is 90.3 Å². The van der Waals surface area contributed by atoms with Gasteiger partial charge in [-0.2, -0.15) is 0 Å². The third-order valence-corrected chi connectivity index (χ3v) is 11.4. The van der Waals surface area contributed by atoms with E-state index < -0.39 is 0 Å². The van der Waals surface area contributed by atoms with Gasteiger partial charge in [0.1, 0.15) is 11.5 Å². The van der Waals surface area contributed by atoms with Crippen LogP contribution in [0.3, 0.4) is 0 Å². The first-order valence-electron chi connectivity index (χ1n) is 15.3. The molecule has 4 nitrogen and oxygen atoms in total. The summed E-state index contributed by atoms with van der Waals surface area (Å²) in [6.07, 6.45) is 7.08. The van der Waals surface area contributed by atoms with Gasteiger partial charge in [0.2, 0.25) is 0 Å². The molecule has 0 radical (unpaired) electrons. The van der Waals surface area contributed by atoms with Crippen molar-refractivity contribution in [1.29, 1.82) is 0 Å². The molecule has 2 N–H and O–H groups in total. The normalized spacial score (nSPS) is 16.8. The van der Waals surface area contributed by atoms with Crippen molar-refractivity contribution in [2.75, 3.05) is 13.7 Å². The van der Waals surface area contributed by atoms with Crippen molar-refractivity contribution in [1.82, 2.24) is 10.6 Å². The number of ether oxygens (including phenoxy) is 2. The van der Waals surface area contributed by atoms with Crippen LogP contribution < -0.4 is 20.1 Å². The van der Waals surface area contributed by atoms with Crippen LogP contribution in [0.5, 0.6) is 11.5 Å². The molecule has 1 saturated carbocycles. The van der Waals surface area contributed by atoms with Gasteiger partial charge in [0.25, 0.3) is 0 Å².